The first kappa shape index (κ1) is 14.1. The molecule has 1 fully saturated rings. The Bertz CT molecular complexity index is 526. The van der Waals surface area contributed by atoms with E-state index in [2.05, 4.69) is 0 Å². The molecule has 2 atom stereocenters. The molecule has 2 unspecified atom stereocenters. The predicted octanol–water partition coefficient (Wildman–Crippen LogP) is 2.01. The van der Waals surface area contributed by atoms with E-state index in [0.717, 1.165) is 25.7 Å². The Balaban J connectivity index is 2.18. The van der Waals surface area contributed by atoms with E-state index in [-0.39, 0.29) is 22.9 Å². The van der Waals surface area contributed by atoms with Crippen LogP contribution in [0.25, 0.3) is 0 Å². The number of nitrogens with zero attached hydrogens (tertiary/aromatic N) is 2. The normalized spacial score (nSPS) is 23.1. The van der Waals surface area contributed by atoms with E-state index < -0.39 is 0 Å². The Morgan fingerprint density at radius 3 is 2.74 bits per heavy atom. The number of aromatic nitrogens is 1. The fourth-order valence-corrected chi connectivity index (χ4v) is 2.99. The number of pyridine rings is 1. The van der Waals surface area contributed by atoms with Crippen LogP contribution in [0.15, 0.2) is 23.1 Å². The van der Waals surface area contributed by atoms with E-state index in [9.17, 15) is 9.59 Å². The topological polar surface area (TPSA) is 42.3 Å². The number of rotatable bonds is 2. The van der Waals surface area contributed by atoms with Crippen molar-refractivity contribution < 1.29 is 4.79 Å². The molecule has 0 N–H and O–H groups in total. The second-order valence-electron chi connectivity index (χ2n) is 5.15. The van der Waals surface area contributed by atoms with Gasteiger partial charge in [-0.25, -0.2) is 0 Å². The van der Waals surface area contributed by atoms with E-state index in [1.54, 1.807) is 31.3 Å². The van der Waals surface area contributed by atoms with Crippen molar-refractivity contribution >= 4 is 17.5 Å². The van der Waals surface area contributed by atoms with Crippen LogP contribution in [0.4, 0.5) is 0 Å². The Kier molecular flexibility index (Phi) is 4.30. The summed E-state index contributed by atoms with van der Waals surface area (Å²) in [6, 6.07) is 3.11. The first-order chi connectivity index (χ1) is 9.00. The highest BCUT2D eigenvalue weighted by Gasteiger charge is 2.29. The van der Waals surface area contributed by atoms with Gasteiger partial charge in [-0.1, -0.05) is 12.8 Å². The van der Waals surface area contributed by atoms with E-state index in [4.69, 9.17) is 11.6 Å². The Morgan fingerprint density at radius 2 is 2.11 bits per heavy atom. The van der Waals surface area contributed by atoms with Gasteiger partial charge in [-0.3, -0.25) is 9.59 Å². The number of carbonyl (C=O) groups excluding carboxylic acids is 1. The lowest BCUT2D eigenvalue weighted by Crippen LogP contribution is -2.44. The Labute approximate surface area is 118 Å². The summed E-state index contributed by atoms with van der Waals surface area (Å²) in [4.78, 5) is 25.6. The number of alkyl halides is 1. The van der Waals surface area contributed by atoms with Crippen LogP contribution in [-0.2, 0) is 7.05 Å². The zero-order valence-electron chi connectivity index (χ0n) is 11.3. The predicted molar refractivity (Wildman–Crippen MR) is 75.7 cm³/mol. The second kappa shape index (κ2) is 5.78. The molecule has 0 saturated heterocycles. The summed E-state index contributed by atoms with van der Waals surface area (Å²) in [5.41, 5.74) is 0.255. The third-order valence-electron chi connectivity index (χ3n) is 3.82. The second-order valence-corrected chi connectivity index (χ2v) is 5.71. The van der Waals surface area contributed by atoms with Crippen LogP contribution in [0.3, 0.4) is 0 Å². The molecule has 0 bridgehead atoms. The molecule has 1 aliphatic carbocycles. The summed E-state index contributed by atoms with van der Waals surface area (Å²) in [6.07, 6.45) is 5.71. The average molecular weight is 283 g/mol. The zero-order valence-corrected chi connectivity index (χ0v) is 12.1. The van der Waals surface area contributed by atoms with Gasteiger partial charge in [0.15, 0.2) is 0 Å². The van der Waals surface area contributed by atoms with Gasteiger partial charge in [0.25, 0.3) is 11.5 Å². The van der Waals surface area contributed by atoms with Crippen LogP contribution in [0.2, 0.25) is 0 Å². The summed E-state index contributed by atoms with van der Waals surface area (Å²) in [5.74, 6) is -0.129. The van der Waals surface area contributed by atoms with Gasteiger partial charge >= 0.3 is 0 Å². The van der Waals surface area contributed by atoms with Crippen molar-refractivity contribution in [3.05, 3.63) is 34.2 Å². The molecule has 0 aliphatic heterocycles. The van der Waals surface area contributed by atoms with Crippen LogP contribution in [-0.4, -0.2) is 33.8 Å². The number of hydrogen-bond donors (Lipinski definition) is 0. The van der Waals surface area contributed by atoms with Gasteiger partial charge in [0, 0.05) is 38.0 Å². The smallest absolute Gasteiger partial charge is 0.254 e. The molecule has 0 spiro atoms. The fraction of sp³-hybridized carbons (Fsp3) is 0.571. The highest BCUT2D eigenvalue weighted by Crippen LogP contribution is 2.27. The molecule has 1 saturated carbocycles. The molecule has 0 aromatic carbocycles. The lowest BCUT2D eigenvalue weighted by molar-refractivity contribution is 0.0700. The van der Waals surface area contributed by atoms with Gasteiger partial charge in [-0.15, -0.1) is 11.6 Å². The highest BCUT2D eigenvalue weighted by atomic mass is 35.5. The number of halogens is 1. The van der Waals surface area contributed by atoms with Crippen LogP contribution >= 0.6 is 11.6 Å². The molecule has 2 rings (SSSR count). The Morgan fingerprint density at radius 1 is 1.42 bits per heavy atom. The molecule has 0 radical (unpaired) electrons. The van der Waals surface area contributed by atoms with Crippen molar-refractivity contribution in [1.82, 2.24) is 9.47 Å². The highest BCUT2D eigenvalue weighted by molar-refractivity contribution is 6.21. The first-order valence-electron chi connectivity index (χ1n) is 6.58. The van der Waals surface area contributed by atoms with Crippen molar-refractivity contribution in [2.45, 2.75) is 37.1 Å². The third kappa shape index (κ3) is 3.00. The largest absolute Gasteiger partial charge is 0.337 e. The van der Waals surface area contributed by atoms with Gasteiger partial charge in [-0.2, -0.15) is 0 Å². The van der Waals surface area contributed by atoms with Crippen LogP contribution < -0.4 is 5.56 Å². The van der Waals surface area contributed by atoms with Crippen LogP contribution in [0.1, 0.15) is 36.0 Å². The van der Waals surface area contributed by atoms with Gasteiger partial charge in [0.1, 0.15) is 0 Å². The lowest BCUT2D eigenvalue weighted by Gasteiger charge is -2.34. The van der Waals surface area contributed by atoms with E-state index in [0.29, 0.717) is 5.56 Å². The monoisotopic (exact) mass is 282 g/mol. The quantitative estimate of drug-likeness (QED) is 0.779. The van der Waals surface area contributed by atoms with E-state index >= 15 is 0 Å². The molecule has 104 valence electrons. The number of amides is 1. The van der Waals surface area contributed by atoms with Crippen LogP contribution in [0, 0.1) is 0 Å². The maximum atomic E-state index is 12.4. The molecule has 4 nitrogen and oxygen atoms in total. The standard InChI is InChI=1S/C14H19ClN2O2/c1-16-8-7-10(9-13(16)18)14(19)17(2)12-6-4-3-5-11(12)15/h7-9,11-12H,3-6H2,1-2H3. The number of hydrogen-bond acceptors (Lipinski definition) is 2. The van der Waals surface area contributed by atoms with Gasteiger partial charge in [0.05, 0.1) is 5.38 Å². The van der Waals surface area contributed by atoms with Crippen molar-refractivity contribution in [2.24, 2.45) is 7.05 Å². The minimum Gasteiger partial charge on any atom is -0.337 e. The zero-order chi connectivity index (χ0) is 14.0. The summed E-state index contributed by atoms with van der Waals surface area (Å²) < 4.78 is 1.45. The van der Waals surface area contributed by atoms with E-state index in [1.807, 2.05) is 0 Å². The molecular weight excluding hydrogens is 264 g/mol. The maximum Gasteiger partial charge on any atom is 0.254 e. The molecule has 1 aromatic heterocycles. The SMILES string of the molecule is CN(C(=O)c1ccn(C)c(=O)c1)C1CCCCC1Cl. The van der Waals surface area contributed by atoms with Gasteiger partial charge in [0.2, 0.25) is 0 Å². The molecule has 5 heteroatoms. The molecular formula is C14H19ClN2O2. The minimum absolute atomic E-state index is 0.00856. The molecule has 1 aromatic rings. The molecule has 1 amide bonds. The van der Waals surface area contributed by atoms with Gasteiger partial charge < -0.3 is 9.47 Å². The average Bonchev–Trinajstić information content (AvgIpc) is 2.41. The summed E-state index contributed by atoms with van der Waals surface area (Å²) in [6.45, 7) is 0. The lowest BCUT2D eigenvalue weighted by atomic mass is 9.93. The van der Waals surface area contributed by atoms with Gasteiger partial charge in [-0.05, 0) is 18.9 Å². The first-order valence-corrected chi connectivity index (χ1v) is 7.02. The molecule has 1 aliphatic rings. The minimum atomic E-state index is -0.176. The number of carbonyl (C=O) groups is 1. The van der Waals surface area contributed by atoms with Crippen molar-refractivity contribution in [3.63, 3.8) is 0 Å². The van der Waals surface area contributed by atoms with Crippen LogP contribution in [0.5, 0.6) is 0 Å². The van der Waals surface area contributed by atoms with Crippen molar-refractivity contribution in [1.29, 1.82) is 0 Å². The van der Waals surface area contributed by atoms with E-state index in [1.165, 1.54) is 10.6 Å². The summed E-state index contributed by atoms with van der Waals surface area (Å²) in [5, 5.41) is 0.00856. The van der Waals surface area contributed by atoms with Crippen molar-refractivity contribution in [2.75, 3.05) is 7.05 Å². The van der Waals surface area contributed by atoms with Crippen molar-refractivity contribution in [3.8, 4) is 0 Å². The maximum absolute atomic E-state index is 12.4. The molecule has 19 heavy (non-hydrogen) atoms. The summed E-state index contributed by atoms with van der Waals surface area (Å²) >= 11 is 6.31. The molecule has 1 heterocycles. The third-order valence-corrected chi connectivity index (χ3v) is 4.33. The Hall–Kier alpha value is -1.29. The number of aryl methyl sites for hydroxylation is 1. The fourth-order valence-electron chi connectivity index (χ4n) is 2.54. The summed E-state index contributed by atoms with van der Waals surface area (Å²) in [7, 11) is 3.43.